The highest BCUT2D eigenvalue weighted by molar-refractivity contribution is 5.87. The van der Waals surface area contributed by atoms with Gasteiger partial charge in [-0.2, -0.15) is 4.98 Å². The number of ether oxygens (including phenoxy) is 1. The molecule has 8 heteroatoms. The first-order valence-corrected chi connectivity index (χ1v) is 12.2. The van der Waals surface area contributed by atoms with E-state index in [9.17, 15) is 4.79 Å². The van der Waals surface area contributed by atoms with Gasteiger partial charge in [0.15, 0.2) is 5.82 Å². The van der Waals surface area contributed by atoms with Crippen molar-refractivity contribution < 1.29 is 4.74 Å². The number of piperazine rings is 1. The Hall–Kier alpha value is -3.44. The van der Waals surface area contributed by atoms with E-state index in [2.05, 4.69) is 64.4 Å². The van der Waals surface area contributed by atoms with E-state index in [0.717, 1.165) is 25.3 Å². The zero-order chi connectivity index (χ0) is 25.3. The van der Waals surface area contributed by atoms with Gasteiger partial charge in [0.1, 0.15) is 5.75 Å². The summed E-state index contributed by atoms with van der Waals surface area (Å²) in [6.45, 7) is 17.9. The molecule has 2 aromatic heterocycles. The number of fused-ring (bicyclic) bond motifs is 1. The Labute approximate surface area is 207 Å². The van der Waals surface area contributed by atoms with Crippen LogP contribution in [0.5, 0.6) is 5.75 Å². The highest BCUT2D eigenvalue weighted by atomic mass is 16.5. The molecule has 0 amide bonds. The van der Waals surface area contributed by atoms with Gasteiger partial charge in [-0.05, 0) is 49.1 Å². The van der Waals surface area contributed by atoms with Crippen LogP contribution in [0.25, 0.3) is 15.9 Å². The normalized spacial score (nSPS) is 19.7. The molecule has 1 saturated heterocycles. The molecule has 0 spiro atoms. The molecule has 3 heterocycles. The molecule has 3 aromatic rings. The smallest absolute Gasteiger partial charge is 0.350 e. The summed E-state index contributed by atoms with van der Waals surface area (Å²) in [4.78, 5) is 30.0. The van der Waals surface area contributed by atoms with Gasteiger partial charge < -0.3 is 14.5 Å². The SMILES string of the molecule is [C-]#[N+]c1ccc2c(n1)c(N1C[C@@H](CC)N(C(c3ccc(OC)cc3)C(C)C)C[C@@H]1C)nc(=O)n2C. The molecule has 0 aliphatic carbocycles. The largest absolute Gasteiger partial charge is 0.497 e. The van der Waals surface area contributed by atoms with Gasteiger partial charge in [0.25, 0.3) is 5.82 Å². The molecule has 184 valence electrons. The average molecular weight is 475 g/mol. The molecule has 0 N–H and O–H groups in total. The minimum Gasteiger partial charge on any atom is -0.497 e. The molecule has 1 aliphatic heterocycles. The first-order valence-electron chi connectivity index (χ1n) is 12.2. The lowest BCUT2D eigenvalue weighted by Gasteiger charge is -2.49. The van der Waals surface area contributed by atoms with Gasteiger partial charge in [-0.15, -0.1) is 4.98 Å². The van der Waals surface area contributed by atoms with Crippen LogP contribution in [0.2, 0.25) is 0 Å². The van der Waals surface area contributed by atoms with Gasteiger partial charge in [-0.3, -0.25) is 9.47 Å². The van der Waals surface area contributed by atoms with Crippen molar-refractivity contribution in [3.63, 3.8) is 0 Å². The third kappa shape index (κ3) is 4.61. The minimum atomic E-state index is -0.314. The van der Waals surface area contributed by atoms with E-state index in [0.29, 0.717) is 28.6 Å². The molecule has 35 heavy (non-hydrogen) atoms. The lowest BCUT2D eigenvalue weighted by molar-refractivity contribution is 0.0710. The number of benzene rings is 1. The van der Waals surface area contributed by atoms with Crippen LogP contribution in [0, 0.1) is 12.5 Å². The number of pyridine rings is 1. The van der Waals surface area contributed by atoms with Crippen LogP contribution in [-0.4, -0.2) is 51.7 Å². The maximum atomic E-state index is 12.7. The predicted octanol–water partition coefficient (Wildman–Crippen LogP) is 4.57. The second-order valence-electron chi connectivity index (χ2n) is 9.65. The second-order valence-corrected chi connectivity index (χ2v) is 9.65. The van der Waals surface area contributed by atoms with Crippen LogP contribution in [0.15, 0.2) is 41.2 Å². The first-order chi connectivity index (χ1) is 16.8. The molecule has 1 fully saturated rings. The third-order valence-corrected chi connectivity index (χ3v) is 7.11. The van der Waals surface area contributed by atoms with E-state index in [1.165, 1.54) is 10.1 Å². The monoisotopic (exact) mass is 474 g/mol. The van der Waals surface area contributed by atoms with E-state index < -0.39 is 0 Å². The fourth-order valence-electron chi connectivity index (χ4n) is 5.29. The molecule has 0 saturated carbocycles. The maximum absolute atomic E-state index is 12.7. The maximum Gasteiger partial charge on any atom is 0.350 e. The van der Waals surface area contributed by atoms with Gasteiger partial charge in [0.05, 0.1) is 12.6 Å². The van der Waals surface area contributed by atoms with Gasteiger partial charge in [-0.25, -0.2) is 4.79 Å². The molecule has 8 nitrogen and oxygen atoms in total. The van der Waals surface area contributed by atoms with Crippen molar-refractivity contribution in [2.24, 2.45) is 13.0 Å². The van der Waals surface area contributed by atoms with Crippen LogP contribution in [-0.2, 0) is 7.05 Å². The van der Waals surface area contributed by atoms with Crippen LogP contribution in [0.3, 0.4) is 0 Å². The van der Waals surface area contributed by atoms with Crippen LogP contribution >= 0.6 is 0 Å². The lowest BCUT2D eigenvalue weighted by Crippen LogP contribution is -2.59. The lowest BCUT2D eigenvalue weighted by atomic mass is 9.90. The summed E-state index contributed by atoms with van der Waals surface area (Å²) in [6.07, 6.45) is 0.964. The number of hydrogen-bond donors (Lipinski definition) is 0. The standard InChI is InChI=1S/C27H34N6O2/c1-8-20-16-32(26-24-22(31(6)27(34)30-26)13-14-23(28-5)29-24)18(4)15-33(20)25(17(2)3)19-9-11-21(35-7)12-10-19/h9-14,17-18,20,25H,8,15-16H2,1-4,6-7H3/t18-,20+,25?/m0/s1. The molecule has 0 radical (unpaired) electrons. The highest BCUT2D eigenvalue weighted by Gasteiger charge is 2.38. The number of aryl methyl sites for hydroxylation is 1. The molecule has 1 aliphatic rings. The van der Waals surface area contributed by atoms with Crippen molar-refractivity contribution in [2.45, 2.75) is 52.2 Å². The van der Waals surface area contributed by atoms with Gasteiger partial charge in [0.2, 0.25) is 5.52 Å². The molecule has 3 atom stereocenters. The van der Waals surface area contributed by atoms with Crippen molar-refractivity contribution in [2.75, 3.05) is 25.1 Å². The van der Waals surface area contributed by atoms with E-state index >= 15 is 0 Å². The summed E-state index contributed by atoms with van der Waals surface area (Å²) in [7, 11) is 3.38. The van der Waals surface area contributed by atoms with Crippen molar-refractivity contribution in [3.8, 4) is 5.75 Å². The summed E-state index contributed by atoms with van der Waals surface area (Å²) in [5, 5.41) is 0. The summed E-state index contributed by atoms with van der Waals surface area (Å²) < 4.78 is 6.86. The van der Waals surface area contributed by atoms with Crippen LogP contribution < -0.4 is 15.3 Å². The average Bonchev–Trinajstić information content (AvgIpc) is 2.86. The Morgan fingerprint density at radius 1 is 1.14 bits per heavy atom. The number of aromatic nitrogens is 3. The fraction of sp³-hybridized carbons (Fsp3) is 0.481. The van der Waals surface area contributed by atoms with Crippen LogP contribution in [0.4, 0.5) is 11.6 Å². The molecule has 4 rings (SSSR count). The van der Waals surface area contributed by atoms with E-state index in [1.54, 1.807) is 26.3 Å². The Balaban J connectivity index is 1.74. The molecule has 1 unspecified atom stereocenters. The summed E-state index contributed by atoms with van der Waals surface area (Å²) in [5.41, 5.74) is 2.26. The van der Waals surface area contributed by atoms with Gasteiger partial charge in [0, 0.05) is 38.3 Å². The molecule has 0 bridgehead atoms. The van der Waals surface area contributed by atoms with Crippen molar-refractivity contribution >= 4 is 22.7 Å². The number of anilines is 1. The third-order valence-electron chi connectivity index (χ3n) is 7.11. The Kier molecular flexibility index (Phi) is 7.08. The Bertz CT molecular complexity index is 1290. The number of rotatable bonds is 6. The summed E-state index contributed by atoms with van der Waals surface area (Å²) in [5.74, 6) is 2.15. The minimum absolute atomic E-state index is 0.110. The van der Waals surface area contributed by atoms with E-state index in [4.69, 9.17) is 11.3 Å². The molecular formula is C27H34N6O2. The summed E-state index contributed by atoms with van der Waals surface area (Å²) >= 11 is 0. The number of hydrogen-bond acceptors (Lipinski definition) is 6. The zero-order valence-corrected chi connectivity index (χ0v) is 21.4. The Morgan fingerprint density at radius 3 is 2.46 bits per heavy atom. The molecule has 1 aromatic carbocycles. The molecular weight excluding hydrogens is 440 g/mol. The zero-order valence-electron chi connectivity index (χ0n) is 21.4. The number of methoxy groups -OCH3 is 1. The fourth-order valence-corrected chi connectivity index (χ4v) is 5.29. The second kappa shape index (κ2) is 10.0. The predicted molar refractivity (Wildman–Crippen MR) is 139 cm³/mol. The van der Waals surface area contributed by atoms with Crippen molar-refractivity contribution in [1.29, 1.82) is 0 Å². The number of nitrogens with zero attached hydrogens (tertiary/aromatic N) is 6. The summed E-state index contributed by atoms with van der Waals surface area (Å²) in [6, 6.07) is 12.5. The first kappa shape index (κ1) is 24.7. The van der Waals surface area contributed by atoms with Gasteiger partial charge >= 0.3 is 5.69 Å². The Morgan fingerprint density at radius 2 is 1.86 bits per heavy atom. The highest BCUT2D eigenvalue weighted by Crippen LogP contribution is 2.36. The van der Waals surface area contributed by atoms with Gasteiger partial charge in [-0.1, -0.05) is 39.5 Å². The van der Waals surface area contributed by atoms with Crippen molar-refractivity contribution in [3.05, 3.63) is 63.9 Å². The quantitative estimate of drug-likeness (QED) is 0.488. The van der Waals surface area contributed by atoms with Crippen LogP contribution in [0.1, 0.15) is 45.7 Å². The van der Waals surface area contributed by atoms with E-state index in [1.807, 2.05) is 12.1 Å². The van der Waals surface area contributed by atoms with E-state index in [-0.39, 0.29) is 23.8 Å². The van der Waals surface area contributed by atoms with Crippen molar-refractivity contribution in [1.82, 2.24) is 19.4 Å². The topological polar surface area (TPSA) is 67.9 Å².